The molecule has 7 nitrogen and oxygen atoms in total. The lowest BCUT2D eigenvalue weighted by atomic mass is 10.1. The van der Waals surface area contributed by atoms with Gasteiger partial charge in [0.2, 0.25) is 0 Å². The lowest BCUT2D eigenvalue weighted by Crippen LogP contribution is -2.38. The zero-order valence-corrected chi connectivity index (χ0v) is 15.6. The van der Waals surface area contributed by atoms with Gasteiger partial charge in [0.25, 0.3) is 5.91 Å². The maximum absolute atomic E-state index is 12.6. The fraction of sp³-hybridized carbons (Fsp3) is 0.444. The normalized spacial score (nSPS) is 18.8. The van der Waals surface area contributed by atoms with Crippen molar-refractivity contribution in [3.05, 3.63) is 41.2 Å². The van der Waals surface area contributed by atoms with Crippen LogP contribution in [0.1, 0.15) is 28.2 Å². The summed E-state index contributed by atoms with van der Waals surface area (Å²) in [4.78, 5) is 14.9. The van der Waals surface area contributed by atoms with E-state index in [0.29, 0.717) is 12.2 Å². The summed E-state index contributed by atoms with van der Waals surface area (Å²) in [5.41, 5.74) is 3.68. The quantitative estimate of drug-likeness (QED) is 0.752. The Morgan fingerprint density at radius 3 is 3.08 bits per heavy atom. The molecule has 3 heterocycles. The molecular formula is C18H24ClN5O2. The van der Waals surface area contributed by atoms with Crippen molar-refractivity contribution in [2.75, 3.05) is 31.6 Å². The number of methoxy groups -OCH3 is 1. The van der Waals surface area contributed by atoms with Crippen molar-refractivity contribution >= 4 is 24.0 Å². The van der Waals surface area contributed by atoms with E-state index in [1.807, 2.05) is 18.2 Å². The van der Waals surface area contributed by atoms with Crippen LogP contribution >= 0.6 is 12.4 Å². The van der Waals surface area contributed by atoms with Gasteiger partial charge in [-0.25, -0.2) is 0 Å². The number of amides is 1. The standard InChI is InChI=1S/C18H23N5O2.ClH/c1-25-16-5-3-2-4-15(16)23-9-7-12(11-23)20-18(24)17-13-10-19-8-6-14(13)21-22-17;/h2-5,12,19H,6-11H2,1H3,(H,20,24)(H,21,22);1H. The van der Waals surface area contributed by atoms with Gasteiger partial charge in [-0.15, -0.1) is 12.4 Å². The van der Waals surface area contributed by atoms with Crippen LogP contribution in [0.3, 0.4) is 0 Å². The number of fused-ring (bicyclic) bond motifs is 1. The molecule has 2 aliphatic rings. The van der Waals surface area contributed by atoms with Crippen LogP contribution in [0.5, 0.6) is 5.75 Å². The Balaban J connectivity index is 0.00000196. The number of halogens is 1. The highest BCUT2D eigenvalue weighted by atomic mass is 35.5. The highest BCUT2D eigenvalue weighted by Crippen LogP contribution is 2.30. The minimum atomic E-state index is -0.0897. The molecule has 0 bridgehead atoms. The summed E-state index contributed by atoms with van der Waals surface area (Å²) < 4.78 is 5.45. The molecule has 0 aliphatic carbocycles. The zero-order valence-electron chi connectivity index (χ0n) is 14.7. The summed E-state index contributed by atoms with van der Waals surface area (Å²) in [6, 6.07) is 8.10. The van der Waals surface area contributed by atoms with Gasteiger partial charge in [-0.3, -0.25) is 9.89 Å². The summed E-state index contributed by atoms with van der Waals surface area (Å²) in [7, 11) is 1.68. The Morgan fingerprint density at radius 1 is 1.38 bits per heavy atom. The molecule has 0 saturated carbocycles. The van der Waals surface area contributed by atoms with E-state index < -0.39 is 0 Å². The fourth-order valence-corrected chi connectivity index (χ4v) is 3.65. The second-order valence-corrected chi connectivity index (χ2v) is 6.53. The van der Waals surface area contributed by atoms with E-state index in [0.717, 1.165) is 55.2 Å². The van der Waals surface area contributed by atoms with Crippen LogP contribution in [0.25, 0.3) is 0 Å². The van der Waals surface area contributed by atoms with Crippen molar-refractivity contribution in [2.45, 2.75) is 25.4 Å². The van der Waals surface area contributed by atoms with Gasteiger partial charge in [0.15, 0.2) is 5.69 Å². The topological polar surface area (TPSA) is 82.3 Å². The molecule has 1 aromatic carbocycles. The lowest BCUT2D eigenvalue weighted by molar-refractivity contribution is 0.0934. The maximum Gasteiger partial charge on any atom is 0.272 e. The first-order valence-electron chi connectivity index (χ1n) is 8.72. The number of benzene rings is 1. The Morgan fingerprint density at radius 2 is 2.23 bits per heavy atom. The molecule has 1 atom stereocenters. The molecule has 0 spiro atoms. The van der Waals surface area contributed by atoms with Crippen molar-refractivity contribution in [3.8, 4) is 5.75 Å². The van der Waals surface area contributed by atoms with Gasteiger partial charge in [-0.05, 0) is 18.6 Å². The van der Waals surface area contributed by atoms with Gasteiger partial charge in [0.05, 0.1) is 12.8 Å². The Kier molecular flexibility index (Phi) is 5.68. The van der Waals surface area contributed by atoms with Crippen LogP contribution < -0.4 is 20.3 Å². The molecule has 140 valence electrons. The van der Waals surface area contributed by atoms with Crippen LogP contribution in [-0.2, 0) is 13.0 Å². The Bertz CT molecular complexity index is 779. The van der Waals surface area contributed by atoms with E-state index in [1.54, 1.807) is 7.11 Å². The number of hydrogen-bond donors (Lipinski definition) is 3. The molecular weight excluding hydrogens is 354 g/mol. The third-order valence-corrected chi connectivity index (χ3v) is 4.97. The monoisotopic (exact) mass is 377 g/mol. The van der Waals surface area contributed by atoms with E-state index in [9.17, 15) is 4.79 Å². The Hall–Kier alpha value is -2.25. The average Bonchev–Trinajstić information content (AvgIpc) is 3.28. The molecule has 1 amide bonds. The van der Waals surface area contributed by atoms with Crippen LogP contribution in [-0.4, -0.2) is 48.9 Å². The first kappa shape index (κ1) is 18.5. The zero-order chi connectivity index (χ0) is 17.2. The highest BCUT2D eigenvalue weighted by Gasteiger charge is 2.28. The molecule has 8 heteroatoms. The van der Waals surface area contributed by atoms with Crippen LogP contribution in [0.15, 0.2) is 24.3 Å². The molecule has 3 N–H and O–H groups in total. The first-order chi connectivity index (χ1) is 12.3. The summed E-state index contributed by atoms with van der Waals surface area (Å²) in [5.74, 6) is 0.773. The summed E-state index contributed by atoms with van der Waals surface area (Å²) in [6.07, 6.45) is 1.80. The third-order valence-electron chi connectivity index (χ3n) is 4.97. The largest absolute Gasteiger partial charge is 0.495 e. The minimum absolute atomic E-state index is 0. The number of ether oxygens (including phenoxy) is 1. The molecule has 26 heavy (non-hydrogen) atoms. The van der Waals surface area contributed by atoms with Crippen LogP contribution in [0.2, 0.25) is 0 Å². The molecule has 1 saturated heterocycles. The van der Waals surface area contributed by atoms with E-state index in [-0.39, 0.29) is 24.4 Å². The lowest BCUT2D eigenvalue weighted by Gasteiger charge is -2.21. The predicted molar refractivity (Wildman–Crippen MR) is 102 cm³/mol. The van der Waals surface area contributed by atoms with Crippen molar-refractivity contribution in [3.63, 3.8) is 0 Å². The number of nitrogens with zero attached hydrogens (tertiary/aromatic N) is 2. The first-order valence-corrected chi connectivity index (χ1v) is 8.72. The number of H-pyrrole nitrogens is 1. The van der Waals surface area contributed by atoms with Gasteiger partial charge in [0, 0.05) is 49.9 Å². The van der Waals surface area contributed by atoms with Crippen molar-refractivity contribution in [1.29, 1.82) is 0 Å². The molecule has 2 aliphatic heterocycles. The van der Waals surface area contributed by atoms with Crippen molar-refractivity contribution < 1.29 is 9.53 Å². The minimum Gasteiger partial charge on any atom is -0.495 e. The Labute approximate surface area is 158 Å². The average molecular weight is 378 g/mol. The molecule has 0 radical (unpaired) electrons. The van der Waals surface area contributed by atoms with Crippen LogP contribution in [0.4, 0.5) is 5.69 Å². The fourth-order valence-electron chi connectivity index (χ4n) is 3.65. The number of rotatable bonds is 4. The number of nitrogens with one attached hydrogen (secondary N) is 3. The molecule has 1 fully saturated rings. The second-order valence-electron chi connectivity index (χ2n) is 6.53. The van der Waals surface area contributed by atoms with E-state index in [4.69, 9.17) is 4.74 Å². The van der Waals surface area contributed by atoms with Crippen molar-refractivity contribution in [2.24, 2.45) is 0 Å². The maximum atomic E-state index is 12.6. The SMILES string of the molecule is COc1ccccc1N1CCC(NC(=O)c2n[nH]c3c2CNCC3)C1.Cl. The van der Waals surface area contributed by atoms with Gasteiger partial charge in [-0.2, -0.15) is 5.10 Å². The second kappa shape index (κ2) is 7.97. The van der Waals surface area contributed by atoms with E-state index in [1.165, 1.54) is 0 Å². The number of carbonyl (C=O) groups excluding carboxylic acids is 1. The summed E-state index contributed by atoms with van der Waals surface area (Å²) in [5, 5.41) is 13.7. The highest BCUT2D eigenvalue weighted by molar-refractivity contribution is 5.94. The molecule has 4 rings (SSSR count). The molecule has 2 aromatic rings. The van der Waals surface area contributed by atoms with Gasteiger partial charge in [0.1, 0.15) is 5.75 Å². The van der Waals surface area contributed by atoms with Gasteiger partial charge < -0.3 is 20.3 Å². The van der Waals surface area contributed by atoms with Gasteiger partial charge in [-0.1, -0.05) is 12.1 Å². The summed E-state index contributed by atoms with van der Waals surface area (Å²) in [6.45, 7) is 3.29. The van der Waals surface area contributed by atoms with Crippen LogP contribution in [0, 0.1) is 0 Å². The number of hydrogen-bond acceptors (Lipinski definition) is 5. The smallest absolute Gasteiger partial charge is 0.272 e. The van der Waals surface area contributed by atoms with Crippen molar-refractivity contribution in [1.82, 2.24) is 20.8 Å². The third kappa shape index (κ3) is 3.50. The number of carbonyl (C=O) groups is 1. The number of para-hydroxylation sites is 2. The van der Waals surface area contributed by atoms with Gasteiger partial charge >= 0.3 is 0 Å². The molecule has 1 unspecified atom stereocenters. The molecule has 1 aromatic heterocycles. The summed E-state index contributed by atoms with van der Waals surface area (Å²) >= 11 is 0. The number of aromatic amines is 1. The number of aromatic nitrogens is 2. The van der Waals surface area contributed by atoms with E-state index in [2.05, 4.69) is 31.8 Å². The predicted octanol–water partition coefficient (Wildman–Crippen LogP) is 1.49. The van der Waals surface area contributed by atoms with E-state index >= 15 is 0 Å². The number of anilines is 1.